The Morgan fingerprint density at radius 1 is 1.40 bits per heavy atom. The SMILES string of the molecule is c1cnn(C2CCN(c3nccs3)C2)c1. The Hall–Kier alpha value is -1.36. The van der Waals surface area contributed by atoms with Crippen LogP contribution in [0.1, 0.15) is 12.5 Å². The Morgan fingerprint density at radius 2 is 2.40 bits per heavy atom. The molecule has 4 nitrogen and oxygen atoms in total. The number of rotatable bonds is 2. The van der Waals surface area contributed by atoms with Gasteiger partial charge in [0, 0.05) is 37.1 Å². The molecule has 0 aliphatic carbocycles. The van der Waals surface area contributed by atoms with Gasteiger partial charge in [0.2, 0.25) is 0 Å². The largest absolute Gasteiger partial charge is 0.346 e. The zero-order chi connectivity index (χ0) is 10.1. The average Bonchev–Trinajstić information content (AvgIpc) is 3.02. The molecule has 0 amide bonds. The van der Waals surface area contributed by atoms with E-state index in [0.29, 0.717) is 6.04 Å². The molecule has 3 rings (SSSR count). The van der Waals surface area contributed by atoms with E-state index < -0.39 is 0 Å². The first-order valence-electron chi connectivity index (χ1n) is 5.07. The molecule has 0 bridgehead atoms. The van der Waals surface area contributed by atoms with Gasteiger partial charge in [-0.25, -0.2) is 4.98 Å². The van der Waals surface area contributed by atoms with Crippen LogP contribution in [-0.2, 0) is 0 Å². The molecule has 78 valence electrons. The van der Waals surface area contributed by atoms with E-state index in [4.69, 9.17) is 0 Å². The summed E-state index contributed by atoms with van der Waals surface area (Å²) in [6.45, 7) is 2.10. The van der Waals surface area contributed by atoms with Gasteiger partial charge >= 0.3 is 0 Å². The molecule has 2 aromatic rings. The van der Waals surface area contributed by atoms with E-state index in [1.165, 1.54) is 0 Å². The lowest BCUT2D eigenvalue weighted by atomic mass is 10.3. The molecule has 1 unspecified atom stereocenters. The third kappa shape index (κ3) is 1.63. The highest BCUT2D eigenvalue weighted by atomic mass is 32.1. The summed E-state index contributed by atoms with van der Waals surface area (Å²) in [5.41, 5.74) is 0. The number of anilines is 1. The zero-order valence-corrected chi connectivity index (χ0v) is 9.10. The standard InChI is InChI=1S/C10H12N4S/c1-3-12-14(5-1)9-2-6-13(8-9)10-11-4-7-15-10/h1,3-5,7,9H,2,6,8H2. The predicted molar refractivity (Wildman–Crippen MR) is 60.2 cm³/mol. The summed E-state index contributed by atoms with van der Waals surface area (Å²) >= 11 is 1.70. The topological polar surface area (TPSA) is 34.0 Å². The molecule has 5 heteroatoms. The maximum absolute atomic E-state index is 4.33. The van der Waals surface area contributed by atoms with Crippen molar-refractivity contribution in [2.75, 3.05) is 18.0 Å². The molecular formula is C10H12N4S. The highest BCUT2D eigenvalue weighted by Gasteiger charge is 2.25. The van der Waals surface area contributed by atoms with Crippen LogP contribution in [0.3, 0.4) is 0 Å². The molecule has 0 radical (unpaired) electrons. The van der Waals surface area contributed by atoms with Crippen molar-refractivity contribution in [2.45, 2.75) is 12.5 Å². The highest BCUT2D eigenvalue weighted by Crippen LogP contribution is 2.27. The molecule has 1 aliphatic rings. The summed E-state index contributed by atoms with van der Waals surface area (Å²) in [7, 11) is 0. The number of nitrogens with zero attached hydrogens (tertiary/aromatic N) is 4. The Balaban J connectivity index is 1.74. The Morgan fingerprint density at radius 3 is 3.13 bits per heavy atom. The maximum Gasteiger partial charge on any atom is 0.185 e. The van der Waals surface area contributed by atoms with Crippen LogP contribution in [-0.4, -0.2) is 27.9 Å². The minimum absolute atomic E-state index is 0.504. The second-order valence-corrected chi connectivity index (χ2v) is 4.56. The van der Waals surface area contributed by atoms with Crippen LogP contribution in [0, 0.1) is 0 Å². The van der Waals surface area contributed by atoms with Gasteiger partial charge in [0.05, 0.1) is 6.04 Å². The number of aromatic nitrogens is 3. The van der Waals surface area contributed by atoms with E-state index in [2.05, 4.69) is 15.0 Å². The maximum atomic E-state index is 4.33. The first kappa shape index (κ1) is 8.91. The summed E-state index contributed by atoms with van der Waals surface area (Å²) in [5.74, 6) is 0. The van der Waals surface area contributed by atoms with Crippen LogP contribution in [0.5, 0.6) is 0 Å². The van der Waals surface area contributed by atoms with Gasteiger partial charge < -0.3 is 4.90 Å². The van der Waals surface area contributed by atoms with Gasteiger partial charge in [-0.15, -0.1) is 11.3 Å². The fourth-order valence-electron chi connectivity index (χ4n) is 2.00. The second kappa shape index (κ2) is 3.66. The number of hydrogen-bond donors (Lipinski definition) is 0. The van der Waals surface area contributed by atoms with E-state index in [0.717, 1.165) is 24.6 Å². The van der Waals surface area contributed by atoms with Gasteiger partial charge in [0.1, 0.15) is 0 Å². The number of thiazole rings is 1. The minimum Gasteiger partial charge on any atom is -0.346 e. The van der Waals surface area contributed by atoms with Crippen LogP contribution in [0.4, 0.5) is 5.13 Å². The molecule has 1 aliphatic heterocycles. The fraction of sp³-hybridized carbons (Fsp3) is 0.400. The molecule has 1 atom stereocenters. The van der Waals surface area contributed by atoms with Gasteiger partial charge in [0.15, 0.2) is 5.13 Å². The molecular weight excluding hydrogens is 208 g/mol. The van der Waals surface area contributed by atoms with Crippen LogP contribution in [0.25, 0.3) is 0 Å². The monoisotopic (exact) mass is 220 g/mol. The highest BCUT2D eigenvalue weighted by molar-refractivity contribution is 7.13. The molecule has 0 spiro atoms. The van der Waals surface area contributed by atoms with Crippen molar-refractivity contribution in [1.29, 1.82) is 0 Å². The Labute approximate surface area is 92.2 Å². The van der Waals surface area contributed by atoms with Crippen molar-refractivity contribution < 1.29 is 0 Å². The van der Waals surface area contributed by atoms with Crippen molar-refractivity contribution >= 4 is 16.5 Å². The first-order valence-corrected chi connectivity index (χ1v) is 5.95. The summed E-state index contributed by atoms with van der Waals surface area (Å²) in [6.07, 6.45) is 6.89. The smallest absolute Gasteiger partial charge is 0.185 e. The van der Waals surface area contributed by atoms with Crippen LogP contribution >= 0.6 is 11.3 Å². The first-order chi connectivity index (χ1) is 7.43. The van der Waals surface area contributed by atoms with Gasteiger partial charge in [-0.2, -0.15) is 5.10 Å². The molecule has 0 N–H and O–H groups in total. The summed E-state index contributed by atoms with van der Waals surface area (Å²) in [5, 5.41) is 7.44. The van der Waals surface area contributed by atoms with E-state index in [-0.39, 0.29) is 0 Å². The summed E-state index contributed by atoms with van der Waals surface area (Å²) < 4.78 is 2.05. The Bertz CT molecular complexity index is 368. The number of hydrogen-bond acceptors (Lipinski definition) is 4. The minimum atomic E-state index is 0.504. The van der Waals surface area contributed by atoms with E-state index in [9.17, 15) is 0 Å². The van der Waals surface area contributed by atoms with Crippen molar-refractivity contribution in [2.24, 2.45) is 0 Å². The van der Waals surface area contributed by atoms with Gasteiger partial charge in [0.25, 0.3) is 0 Å². The molecule has 15 heavy (non-hydrogen) atoms. The van der Waals surface area contributed by atoms with Crippen molar-refractivity contribution in [3.8, 4) is 0 Å². The summed E-state index contributed by atoms with van der Waals surface area (Å²) in [6, 6.07) is 2.48. The van der Waals surface area contributed by atoms with Crippen LogP contribution < -0.4 is 4.90 Å². The van der Waals surface area contributed by atoms with E-state index >= 15 is 0 Å². The molecule has 2 aromatic heterocycles. The van der Waals surface area contributed by atoms with Crippen molar-refractivity contribution in [3.63, 3.8) is 0 Å². The lowest BCUT2D eigenvalue weighted by Gasteiger charge is -2.14. The lowest BCUT2D eigenvalue weighted by Crippen LogP contribution is -2.20. The third-order valence-corrected chi connectivity index (χ3v) is 3.58. The van der Waals surface area contributed by atoms with Gasteiger partial charge in [-0.3, -0.25) is 4.68 Å². The van der Waals surface area contributed by atoms with Crippen molar-refractivity contribution in [3.05, 3.63) is 30.0 Å². The van der Waals surface area contributed by atoms with Gasteiger partial charge in [-0.1, -0.05) is 0 Å². The molecule has 0 aromatic carbocycles. The van der Waals surface area contributed by atoms with E-state index in [1.807, 2.05) is 34.7 Å². The van der Waals surface area contributed by atoms with Crippen LogP contribution in [0.2, 0.25) is 0 Å². The van der Waals surface area contributed by atoms with Crippen LogP contribution in [0.15, 0.2) is 30.0 Å². The van der Waals surface area contributed by atoms with Crippen molar-refractivity contribution in [1.82, 2.24) is 14.8 Å². The Kier molecular flexibility index (Phi) is 2.17. The molecule has 1 fully saturated rings. The third-order valence-electron chi connectivity index (χ3n) is 2.75. The lowest BCUT2D eigenvalue weighted by molar-refractivity contribution is 0.495. The normalized spacial score (nSPS) is 21.1. The zero-order valence-electron chi connectivity index (χ0n) is 8.28. The van der Waals surface area contributed by atoms with Gasteiger partial charge in [-0.05, 0) is 12.5 Å². The quantitative estimate of drug-likeness (QED) is 0.773. The average molecular weight is 220 g/mol. The molecule has 1 saturated heterocycles. The predicted octanol–water partition coefficient (Wildman–Crippen LogP) is 1.79. The molecule has 0 saturated carbocycles. The summed E-state index contributed by atoms with van der Waals surface area (Å²) in [4.78, 5) is 6.66. The second-order valence-electron chi connectivity index (χ2n) is 3.69. The molecule has 3 heterocycles. The fourth-order valence-corrected chi connectivity index (χ4v) is 2.68. The van der Waals surface area contributed by atoms with E-state index in [1.54, 1.807) is 11.3 Å².